The summed E-state index contributed by atoms with van der Waals surface area (Å²) >= 11 is 1.71. The molecule has 0 radical (unpaired) electrons. The second-order valence-electron chi connectivity index (χ2n) is 8.45. The SMILES string of the molecule is CC(c1cncs1)C(OCc1ccc(-c2cccc(C(=O)O)c2)cc1)C1CCCCC1. The number of carbonyl (C=O) groups is 1. The predicted octanol–water partition coefficient (Wildman–Crippen LogP) is 6.78. The Hall–Kier alpha value is -2.50. The van der Waals surface area contributed by atoms with Crippen LogP contribution in [0.5, 0.6) is 0 Å². The van der Waals surface area contributed by atoms with Crippen LogP contribution >= 0.6 is 11.3 Å². The quantitative estimate of drug-likeness (QED) is 0.424. The maximum atomic E-state index is 11.2. The van der Waals surface area contributed by atoms with E-state index in [-0.39, 0.29) is 6.10 Å². The van der Waals surface area contributed by atoms with E-state index in [0.717, 1.165) is 16.7 Å². The van der Waals surface area contributed by atoms with Crippen LogP contribution in [0, 0.1) is 5.92 Å². The summed E-state index contributed by atoms with van der Waals surface area (Å²) in [5.74, 6) is 0.0354. The average Bonchev–Trinajstić information content (AvgIpc) is 3.35. The number of thiazole rings is 1. The summed E-state index contributed by atoms with van der Waals surface area (Å²) in [4.78, 5) is 16.8. The molecule has 1 N–H and O–H groups in total. The number of nitrogens with zero attached hydrogens (tertiary/aromatic N) is 1. The summed E-state index contributed by atoms with van der Waals surface area (Å²) in [6.07, 6.45) is 8.60. The number of hydrogen-bond donors (Lipinski definition) is 1. The topological polar surface area (TPSA) is 59.4 Å². The van der Waals surface area contributed by atoms with Crippen LogP contribution in [0.3, 0.4) is 0 Å². The van der Waals surface area contributed by atoms with Gasteiger partial charge in [-0.05, 0) is 47.6 Å². The van der Waals surface area contributed by atoms with Gasteiger partial charge < -0.3 is 9.84 Å². The Morgan fingerprint density at radius 1 is 1.13 bits per heavy atom. The first kappa shape index (κ1) is 21.7. The molecule has 1 fully saturated rings. The van der Waals surface area contributed by atoms with E-state index in [1.807, 2.05) is 29.9 Å². The average molecular weight is 436 g/mol. The van der Waals surface area contributed by atoms with Crippen molar-refractivity contribution in [3.63, 3.8) is 0 Å². The molecule has 4 rings (SSSR count). The standard InChI is InChI=1S/C26H29NO3S/c1-18(24-15-27-17-31-24)25(21-6-3-2-4-7-21)30-16-19-10-12-20(13-11-19)22-8-5-9-23(14-22)26(28)29/h5,8-15,17-18,21,25H,2-4,6-7,16H2,1H3,(H,28,29). The summed E-state index contributed by atoms with van der Waals surface area (Å²) in [6, 6.07) is 15.3. The number of carboxylic acid groups (broad SMARTS) is 1. The Bertz CT molecular complexity index is 978. The number of benzene rings is 2. The second-order valence-corrected chi connectivity index (χ2v) is 9.37. The van der Waals surface area contributed by atoms with Crippen LogP contribution < -0.4 is 0 Å². The third kappa shape index (κ3) is 5.41. The Balaban J connectivity index is 1.45. The lowest BCUT2D eigenvalue weighted by atomic mass is 9.80. The van der Waals surface area contributed by atoms with Gasteiger partial charge in [0.15, 0.2) is 0 Å². The maximum absolute atomic E-state index is 11.2. The van der Waals surface area contributed by atoms with Gasteiger partial charge in [-0.2, -0.15) is 0 Å². The van der Waals surface area contributed by atoms with Crippen molar-refractivity contribution in [2.45, 2.75) is 57.7 Å². The van der Waals surface area contributed by atoms with Crippen molar-refractivity contribution in [3.05, 3.63) is 76.2 Å². The first-order valence-electron chi connectivity index (χ1n) is 11.0. The number of hydrogen-bond acceptors (Lipinski definition) is 4. The van der Waals surface area contributed by atoms with Gasteiger partial charge in [0.2, 0.25) is 0 Å². The molecule has 0 aliphatic heterocycles. The van der Waals surface area contributed by atoms with E-state index in [9.17, 15) is 9.90 Å². The van der Waals surface area contributed by atoms with Gasteiger partial charge in [0.1, 0.15) is 0 Å². The Labute approximate surface area is 187 Å². The molecule has 0 spiro atoms. The van der Waals surface area contributed by atoms with Crippen molar-refractivity contribution in [1.82, 2.24) is 4.98 Å². The van der Waals surface area contributed by atoms with Gasteiger partial charge in [0.05, 0.1) is 23.8 Å². The zero-order valence-electron chi connectivity index (χ0n) is 17.9. The van der Waals surface area contributed by atoms with Crippen LogP contribution in [0.25, 0.3) is 11.1 Å². The zero-order valence-corrected chi connectivity index (χ0v) is 18.7. The summed E-state index contributed by atoms with van der Waals surface area (Å²) < 4.78 is 6.55. The Kier molecular flexibility index (Phi) is 7.15. The molecule has 1 aromatic heterocycles. The minimum Gasteiger partial charge on any atom is -0.478 e. The smallest absolute Gasteiger partial charge is 0.335 e. The maximum Gasteiger partial charge on any atom is 0.335 e. The molecule has 0 amide bonds. The molecular formula is C26H29NO3S. The highest BCUT2D eigenvalue weighted by atomic mass is 32.1. The van der Waals surface area contributed by atoms with E-state index in [0.29, 0.717) is 24.0 Å². The third-order valence-corrected chi connectivity index (χ3v) is 7.32. The van der Waals surface area contributed by atoms with E-state index in [1.165, 1.54) is 37.0 Å². The van der Waals surface area contributed by atoms with E-state index >= 15 is 0 Å². The number of aromatic nitrogens is 1. The highest BCUT2D eigenvalue weighted by Gasteiger charge is 2.30. The number of ether oxygens (including phenoxy) is 1. The molecule has 2 unspecified atom stereocenters. The van der Waals surface area contributed by atoms with Gasteiger partial charge in [-0.25, -0.2) is 4.79 Å². The van der Waals surface area contributed by atoms with Crippen molar-refractivity contribution in [3.8, 4) is 11.1 Å². The highest BCUT2D eigenvalue weighted by molar-refractivity contribution is 7.09. The number of aromatic carboxylic acids is 1. The fourth-order valence-electron chi connectivity index (χ4n) is 4.58. The highest BCUT2D eigenvalue weighted by Crippen LogP contribution is 2.37. The van der Waals surface area contributed by atoms with Crippen molar-refractivity contribution < 1.29 is 14.6 Å². The fraction of sp³-hybridized carbons (Fsp3) is 0.385. The first-order chi connectivity index (χ1) is 15.1. The van der Waals surface area contributed by atoms with Gasteiger partial charge >= 0.3 is 5.97 Å². The van der Waals surface area contributed by atoms with Crippen LogP contribution in [0.2, 0.25) is 0 Å². The van der Waals surface area contributed by atoms with Gasteiger partial charge in [-0.3, -0.25) is 4.98 Å². The molecule has 4 nitrogen and oxygen atoms in total. The third-order valence-electron chi connectivity index (χ3n) is 6.35. The van der Waals surface area contributed by atoms with Crippen LogP contribution in [-0.2, 0) is 11.3 Å². The molecule has 0 bridgehead atoms. The van der Waals surface area contributed by atoms with E-state index in [2.05, 4.69) is 24.0 Å². The molecule has 1 saturated carbocycles. The van der Waals surface area contributed by atoms with Crippen LogP contribution in [0.4, 0.5) is 0 Å². The molecule has 2 aromatic carbocycles. The fourth-order valence-corrected chi connectivity index (χ4v) is 5.30. The van der Waals surface area contributed by atoms with Crippen LogP contribution in [0.15, 0.2) is 60.2 Å². The van der Waals surface area contributed by atoms with Gasteiger partial charge in [0, 0.05) is 17.0 Å². The molecule has 5 heteroatoms. The van der Waals surface area contributed by atoms with Crippen molar-refractivity contribution >= 4 is 17.3 Å². The molecule has 1 heterocycles. The van der Waals surface area contributed by atoms with E-state index < -0.39 is 5.97 Å². The second kappa shape index (κ2) is 10.2. The van der Waals surface area contributed by atoms with Crippen LogP contribution in [0.1, 0.15) is 65.7 Å². The summed E-state index contributed by atoms with van der Waals surface area (Å²) in [5.41, 5.74) is 5.26. The zero-order chi connectivity index (χ0) is 21.6. The van der Waals surface area contributed by atoms with Crippen molar-refractivity contribution in [2.75, 3.05) is 0 Å². The molecule has 162 valence electrons. The lowest BCUT2D eigenvalue weighted by Gasteiger charge is -2.34. The monoisotopic (exact) mass is 435 g/mol. The van der Waals surface area contributed by atoms with Crippen LogP contribution in [-0.4, -0.2) is 22.2 Å². The summed E-state index contributed by atoms with van der Waals surface area (Å²) in [6.45, 7) is 2.85. The minimum atomic E-state index is -0.907. The molecule has 1 aliphatic carbocycles. The Morgan fingerprint density at radius 2 is 1.90 bits per heavy atom. The summed E-state index contributed by atoms with van der Waals surface area (Å²) in [7, 11) is 0. The van der Waals surface area contributed by atoms with Gasteiger partial charge in [0.25, 0.3) is 0 Å². The van der Waals surface area contributed by atoms with Crippen molar-refractivity contribution in [1.29, 1.82) is 0 Å². The lowest BCUT2D eigenvalue weighted by Crippen LogP contribution is -2.30. The van der Waals surface area contributed by atoms with Gasteiger partial charge in [-0.15, -0.1) is 11.3 Å². The molecular weight excluding hydrogens is 406 g/mol. The molecule has 3 aromatic rings. The Morgan fingerprint density at radius 3 is 2.58 bits per heavy atom. The summed E-state index contributed by atoms with van der Waals surface area (Å²) in [5, 5.41) is 9.22. The van der Waals surface area contributed by atoms with E-state index in [1.54, 1.807) is 29.5 Å². The normalized spacial score (nSPS) is 16.7. The molecule has 2 atom stereocenters. The lowest BCUT2D eigenvalue weighted by molar-refractivity contribution is -0.0235. The molecule has 1 aliphatic rings. The number of rotatable bonds is 8. The largest absolute Gasteiger partial charge is 0.478 e. The predicted molar refractivity (Wildman–Crippen MR) is 125 cm³/mol. The first-order valence-corrected chi connectivity index (χ1v) is 11.9. The van der Waals surface area contributed by atoms with Crippen molar-refractivity contribution in [2.24, 2.45) is 5.92 Å². The van der Waals surface area contributed by atoms with Gasteiger partial charge in [-0.1, -0.05) is 62.6 Å². The minimum absolute atomic E-state index is 0.202. The number of carboxylic acids is 1. The molecule has 31 heavy (non-hydrogen) atoms. The molecule has 0 saturated heterocycles. The van der Waals surface area contributed by atoms with E-state index in [4.69, 9.17) is 4.74 Å².